The summed E-state index contributed by atoms with van der Waals surface area (Å²) in [7, 11) is 1.30. The number of esters is 1. The van der Waals surface area contributed by atoms with Gasteiger partial charge in [0.2, 0.25) is 0 Å². The van der Waals surface area contributed by atoms with Crippen LogP contribution in [0.1, 0.15) is 48.9 Å². The summed E-state index contributed by atoms with van der Waals surface area (Å²) < 4.78 is 19.3. The van der Waals surface area contributed by atoms with Crippen molar-refractivity contribution in [3.8, 4) is 0 Å². The van der Waals surface area contributed by atoms with Gasteiger partial charge in [0.1, 0.15) is 11.4 Å². The Morgan fingerprint density at radius 1 is 1.08 bits per heavy atom. The molecule has 3 rings (SSSR count). The average molecular weight is 345 g/mol. The van der Waals surface area contributed by atoms with Gasteiger partial charge in [0.25, 0.3) is 5.91 Å². The van der Waals surface area contributed by atoms with Crippen molar-refractivity contribution in [2.24, 2.45) is 0 Å². The largest absolute Gasteiger partial charge is 0.467 e. The summed E-state index contributed by atoms with van der Waals surface area (Å²) >= 11 is 0. The molecular formula is C18H20FN3O3. The Morgan fingerprint density at radius 2 is 1.68 bits per heavy atom. The molecule has 1 saturated carbocycles. The molecule has 0 bridgehead atoms. The van der Waals surface area contributed by atoms with Crippen molar-refractivity contribution < 1.29 is 18.7 Å². The van der Waals surface area contributed by atoms with Gasteiger partial charge in [0, 0.05) is 18.5 Å². The van der Waals surface area contributed by atoms with Crippen LogP contribution in [-0.4, -0.2) is 34.5 Å². The lowest BCUT2D eigenvalue weighted by Gasteiger charge is -2.31. The second kappa shape index (κ2) is 7.13. The van der Waals surface area contributed by atoms with E-state index in [9.17, 15) is 14.0 Å². The lowest BCUT2D eigenvalue weighted by atomic mass is 9.89. The van der Waals surface area contributed by atoms with Crippen LogP contribution in [0.2, 0.25) is 0 Å². The van der Waals surface area contributed by atoms with Gasteiger partial charge in [0.05, 0.1) is 23.7 Å². The average Bonchev–Trinajstić information content (AvgIpc) is 2.86. The summed E-state index contributed by atoms with van der Waals surface area (Å²) in [6.07, 6.45) is 7.51. The number of carbonyl (C=O) groups is 2. The number of methoxy groups -OCH3 is 1. The fourth-order valence-electron chi connectivity index (χ4n) is 3.35. The molecule has 0 spiro atoms. The number of halogens is 1. The number of fused-ring (bicyclic) bond motifs is 1. The molecule has 1 aromatic carbocycles. The molecule has 0 saturated heterocycles. The molecule has 2 aromatic rings. The zero-order valence-corrected chi connectivity index (χ0v) is 14.0. The minimum Gasteiger partial charge on any atom is -0.467 e. The predicted molar refractivity (Wildman–Crippen MR) is 89.4 cm³/mol. The van der Waals surface area contributed by atoms with Gasteiger partial charge < -0.3 is 10.1 Å². The van der Waals surface area contributed by atoms with Gasteiger partial charge in [-0.3, -0.25) is 14.8 Å². The second-order valence-corrected chi connectivity index (χ2v) is 6.32. The van der Waals surface area contributed by atoms with Crippen LogP contribution in [0.25, 0.3) is 11.0 Å². The molecule has 132 valence electrons. The van der Waals surface area contributed by atoms with E-state index in [1.54, 1.807) is 0 Å². The van der Waals surface area contributed by atoms with E-state index in [2.05, 4.69) is 15.3 Å². The molecule has 0 unspecified atom stereocenters. The Bertz CT molecular complexity index is 801. The molecule has 1 heterocycles. The normalized spacial score (nSPS) is 16.9. The van der Waals surface area contributed by atoms with Crippen molar-refractivity contribution in [1.82, 2.24) is 15.3 Å². The SMILES string of the molecule is COC(=O)C1(NC(=O)c2cc3nccnc3cc2F)CCCCCC1. The first-order chi connectivity index (χ1) is 12.1. The van der Waals surface area contributed by atoms with Crippen molar-refractivity contribution in [1.29, 1.82) is 0 Å². The van der Waals surface area contributed by atoms with Gasteiger partial charge in [0.15, 0.2) is 0 Å². The summed E-state index contributed by atoms with van der Waals surface area (Å²) in [5.74, 6) is -1.82. The molecule has 1 aliphatic rings. The number of benzene rings is 1. The van der Waals surface area contributed by atoms with E-state index in [0.717, 1.165) is 25.7 Å². The monoisotopic (exact) mass is 345 g/mol. The Kier molecular flexibility index (Phi) is 4.92. The Balaban J connectivity index is 1.93. The van der Waals surface area contributed by atoms with Crippen LogP contribution in [0.5, 0.6) is 0 Å². The summed E-state index contributed by atoms with van der Waals surface area (Å²) in [4.78, 5) is 33.2. The summed E-state index contributed by atoms with van der Waals surface area (Å²) in [6, 6.07) is 2.53. The minimum absolute atomic E-state index is 0.152. The summed E-state index contributed by atoms with van der Waals surface area (Å²) in [5.41, 5.74) is -0.470. The van der Waals surface area contributed by atoms with E-state index >= 15 is 0 Å². The van der Waals surface area contributed by atoms with Gasteiger partial charge in [-0.2, -0.15) is 0 Å². The standard InChI is InChI=1S/C18H20FN3O3/c1-25-17(24)18(6-4-2-3-5-7-18)22-16(23)12-10-14-15(11-13(12)19)21-9-8-20-14/h8-11H,2-7H2,1H3,(H,22,23). The number of hydrogen-bond acceptors (Lipinski definition) is 5. The number of aromatic nitrogens is 2. The van der Waals surface area contributed by atoms with Crippen LogP contribution in [0.3, 0.4) is 0 Å². The second-order valence-electron chi connectivity index (χ2n) is 6.32. The molecule has 1 amide bonds. The maximum absolute atomic E-state index is 14.4. The van der Waals surface area contributed by atoms with Crippen molar-refractivity contribution in [2.45, 2.75) is 44.1 Å². The lowest BCUT2D eigenvalue weighted by Crippen LogP contribution is -2.55. The maximum Gasteiger partial charge on any atom is 0.331 e. The van der Waals surface area contributed by atoms with Gasteiger partial charge in [-0.15, -0.1) is 0 Å². The van der Waals surface area contributed by atoms with E-state index in [4.69, 9.17) is 4.74 Å². The summed E-state index contributed by atoms with van der Waals surface area (Å²) in [5, 5.41) is 2.74. The highest BCUT2D eigenvalue weighted by Crippen LogP contribution is 2.29. The summed E-state index contributed by atoms with van der Waals surface area (Å²) in [6.45, 7) is 0. The minimum atomic E-state index is -1.11. The smallest absolute Gasteiger partial charge is 0.331 e. The molecule has 25 heavy (non-hydrogen) atoms. The van der Waals surface area contributed by atoms with Gasteiger partial charge >= 0.3 is 5.97 Å². The molecule has 0 radical (unpaired) electrons. The van der Waals surface area contributed by atoms with Crippen molar-refractivity contribution in [2.75, 3.05) is 7.11 Å². The molecule has 1 aliphatic carbocycles. The quantitative estimate of drug-likeness (QED) is 0.683. The fourth-order valence-corrected chi connectivity index (χ4v) is 3.35. The van der Waals surface area contributed by atoms with Crippen LogP contribution in [-0.2, 0) is 9.53 Å². The topological polar surface area (TPSA) is 81.2 Å². The molecule has 1 fully saturated rings. The molecule has 0 atom stereocenters. The van der Waals surface area contributed by atoms with E-state index < -0.39 is 23.2 Å². The molecular weight excluding hydrogens is 325 g/mol. The number of rotatable bonds is 3. The van der Waals surface area contributed by atoms with Crippen LogP contribution in [0, 0.1) is 5.82 Å². The third kappa shape index (κ3) is 3.45. The van der Waals surface area contributed by atoms with Gasteiger partial charge in [-0.05, 0) is 18.9 Å². The Morgan fingerprint density at radius 3 is 2.28 bits per heavy atom. The van der Waals surface area contributed by atoms with E-state index in [1.807, 2.05) is 0 Å². The van der Waals surface area contributed by atoms with Crippen LogP contribution in [0.15, 0.2) is 24.5 Å². The van der Waals surface area contributed by atoms with Crippen molar-refractivity contribution >= 4 is 22.9 Å². The van der Waals surface area contributed by atoms with E-state index in [1.165, 1.54) is 31.6 Å². The predicted octanol–water partition coefficient (Wildman–Crippen LogP) is 2.76. The first-order valence-electron chi connectivity index (χ1n) is 8.37. The number of nitrogens with one attached hydrogen (secondary N) is 1. The first-order valence-corrected chi connectivity index (χ1v) is 8.37. The zero-order valence-electron chi connectivity index (χ0n) is 14.0. The number of amides is 1. The zero-order chi connectivity index (χ0) is 17.9. The fraction of sp³-hybridized carbons (Fsp3) is 0.444. The maximum atomic E-state index is 14.4. The Hall–Kier alpha value is -2.57. The van der Waals surface area contributed by atoms with Crippen molar-refractivity contribution in [3.05, 3.63) is 35.9 Å². The van der Waals surface area contributed by atoms with Crippen LogP contribution >= 0.6 is 0 Å². The third-order valence-corrected chi connectivity index (χ3v) is 4.69. The van der Waals surface area contributed by atoms with Crippen LogP contribution < -0.4 is 5.32 Å². The number of nitrogens with zero attached hydrogens (tertiary/aromatic N) is 2. The number of ether oxygens (including phenoxy) is 1. The van der Waals surface area contributed by atoms with Gasteiger partial charge in [-0.25, -0.2) is 9.18 Å². The lowest BCUT2D eigenvalue weighted by molar-refractivity contribution is -0.148. The van der Waals surface area contributed by atoms with E-state index in [0.29, 0.717) is 23.9 Å². The van der Waals surface area contributed by atoms with Crippen molar-refractivity contribution in [3.63, 3.8) is 0 Å². The molecule has 0 aliphatic heterocycles. The van der Waals surface area contributed by atoms with Gasteiger partial charge in [-0.1, -0.05) is 25.7 Å². The molecule has 1 N–H and O–H groups in total. The highest BCUT2D eigenvalue weighted by molar-refractivity contribution is 6.00. The molecule has 1 aromatic heterocycles. The molecule has 7 heteroatoms. The number of hydrogen-bond donors (Lipinski definition) is 1. The highest BCUT2D eigenvalue weighted by Gasteiger charge is 2.41. The third-order valence-electron chi connectivity index (χ3n) is 4.69. The molecule has 6 nitrogen and oxygen atoms in total. The van der Waals surface area contributed by atoms with Crippen LogP contribution in [0.4, 0.5) is 4.39 Å². The highest BCUT2D eigenvalue weighted by atomic mass is 19.1. The first kappa shape index (κ1) is 17.3. The Labute approximate surface area is 144 Å². The number of carbonyl (C=O) groups excluding carboxylic acids is 2. The van der Waals surface area contributed by atoms with E-state index in [-0.39, 0.29) is 5.56 Å².